The van der Waals surface area contributed by atoms with Crippen LogP contribution >= 0.6 is 22.9 Å². The lowest BCUT2D eigenvalue weighted by Crippen LogP contribution is -2.31. The molecule has 1 aromatic heterocycles. The van der Waals surface area contributed by atoms with Gasteiger partial charge in [0.05, 0.1) is 12.1 Å². The van der Waals surface area contributed by atoms with Crippen molar-refractivity contribution >= 4 is 33.8 Å². The highest BCUT2D eigenvalue weighted by Gasteiger charge is 2.13. The second-order valence-corrected chi connectivity index (χ2v) is 4.61. The molecule has 2 rings (SSSR count). The van der Waals surface area contributed by atoms with Crippen molar-refractivity contribution in [3.63, 3.8) is 0 Å². The molecular weight excluding hydrogens is 228 g/mol. The standard InChI is InChI=1S/C11H11ClN2S/c1-8-7-15-11(14(8)2)13-10-6-4-3-5-9(10)12/h3-7H,1-2H3/p+1. The van der Waals surface area contributed by atoms with Crippen LogP contribution < -0.4 is 9.88 Å². The third-order valence-corrected chi connectivity index (χ3v) is 3.68. The minimum atomic E-state index is 0.739. The zero-order chi connectivity index (χ0) is 10.8. The molecule has 0 saturated carbocycles. The number of aryl methyl sites for hydroxylation is 1. The number of anilines is 2. The molecule has 0 bridgehead atoms. The lowest BCUT2D eigenvalue weighted by Gasteiger charge is -2.00. The number of para-hydroxylation sites is 1. The van der Waals surface area contributed by atoms with Crippen LogP contribution in [0.1, 0.15) is 5.69 Å². The highest BCUT2D eigenvalue weighted by atomic mass is 35.5. The van der Waals surface area contributed by atoms with E-state index in [1.165, 1.54) is 5.69 Å². The van der Waals surface area contributed by atoms with Crippen LogP contribution in [0.15, 0.2) is 29.6 Å². The number of thiazole rings is 1. The summed E-state index contributed by atoms with van der Waals surface area (Å²) < 4.78 is 2.11. The third kappa shape index (κ3) is 2.13. The van der Waals surface area contributed by atoms with Gasteiger partial charge in [-0.25, -0.2) is 9.88 Å². The van der Waals surface area contributed by atoms with Crippen LogP contribution in [0.4, 0.5) is 10.8 Å². The molecule has 0 aliphatic carbocycles. The summed E-state index contributed by atoms with van der Waals surface area (Å²) in [6, 6.07) is 7.74. The minimum Gasteiger partial charge on any atom is -0.230 e. The molecule has 0 saturated heterocycles. The zero-order valence-electron chi connectivity index (χ0n) is 8.62. The van der Waals surface area contributed by atoms with E-state index < -0.39 is 0 Å². The molecule has 0 atom stereocenters. The van der Waals surface area contributed by atoms with E-state index in [4.69, 9.17) is 11.6 Å². The van der Waals surface area contributed by atoms with E-state index in [-0.39, 0.29) is 0 Å². The largest absolute Gasteiger partial charge is 0.338 e. The van der Waals surface area contributed by atoms with Gasteiger partial charge in [-0.15, -0.1) is 0 Å². The average Bonchev–Trinajstić information content (AvgIpc) is 2.53. The molecule has 2 aromatic rings. The summed E-state index contributed by atoms with van der Waals surface area (Å²) in [7, 11) is 2.03. The van der Waals surface area contributed by atoms with Crippen LogP contribution in [0.25, 0.3) is 0 Å². The van der Waals surface area contributed by atoms with E-state index >= 15 is 0 Å². The monoisotopic (exact) mass is 239 g/mol. The fourth-order valence-corrected chi connectivity index (χ4v) is 2.34. The quantitative estimate of drug-likeness (QED) is 0.796. The molecule has 4 heteroatoms. The molecule has 0 aliphatic rings. The van der Waals surface area contributed by atoms with Gasteiger partial charge in [-0.2, -0.15) is 0 Å². The van der Waals surface area contributed by atoms with Crippen LogP contribution in [-0.2, 0) is 7.05 Å². The van der Waals surface area contributed by atoms with Gasteiger partial charge in [-0.05, 0) is 19.1 Å². The van der Waals surface area contributed by atoms with Crippen LogP contribution in [0.5, 0.6) is 0 Å². The lowest BCUT2D eigenvalue weighted by atomic mass is 10.3. The van der Waals surface area contributed by atoms with Gasteiger partial charge in [0, 0.05) is 5.38 Å². The van der Waals surface area contributed by atoms with E-state index in [0.29, 0.717) is 0 Å². The summed E-state index contributed by atoms with van der Waals surface area (Å²) in [6.07, 6.45) is 0. The summed E-state index contributed by atoms with van der Waals surface area (Å²) in [5, 5.41) is 7.24. The maximum Gasteiger partial charge on any atom is 0.338 e. The van der Waals surface area contributed by atoms with Gasteiger partial charge in [-0.1, -0.05) is 35.1 Å². The Morgan fingerprint density at radius 2 is 2.07 bits per heavy atom. The molecular formula is C11H12ClN2S+. The van der Waals surface area contributed by atoms with Crippen molar-refractivity contribution in [1.29, 1.82) is 0 Å². The number of halogens is 1. The number of nitrogens with zero attached hydrogens (tertiary/aromatic N) is 1. The molecule has 0 spiro atoms. The summed E-state index contributed by atoms with van der Waals surface area (Å²) in [5.41, 5.74) is 2.17. The van der Waals surface area contributed by atoms with E-state index in [1.54, 1.807) is 11.3 Å². The second-order valence-electron chi connectivity index (χ2n) is 3.35. The molecule has 0 amide bonds. The van der Waals surface area contributed by atoms with Crippen molar-refractivity contribution in [2.45, 2.75) is 6.92 Å². The summed E-state index contributed by atoms with van der Waals surface area (Å²) in [5.74, 6) is 0. The third-order valence-electron chi connectivity index (χ3n) is 2.29. The molecule has 0 unspecified atom stereocenters. The first kappa shape index (κ1) is 10.5. The van der Waals surface area contributed by atoms with Gasteiger partial charge in [0.2, 0.25) is 0 Å². The molecule has 0 radical (unpaired) electrons. The maximum atomic E-state index is 6.07. The first-order valence-corrected chi connectivity index (χ1v) is 5.90. The highest BCUT2D eigenvalue weighted by molar-refractivity contribution is 7.13. The van der Waals surface area contributed by atoms with Crippen molar-refractivity contribution in [2.24, 2.45) is 7.05 Å². The van der Waals surface area contributed by atoms with Crippen molar-refractivity contribution in [1.82, 2.24) is 0 Å². The predicted octanol–water partition coefficient (Wildman–Crippen LogP) is 3.28. The smallest absolute Gasteiger partial charge is 0.230 e. The Balaban J connectivity index is 2.30. The minimum absolute atomic E-state index is 0.739. The first-order valence-electron chi connectivity index (χ1n) is 4.64. The Hall–Kier alpha value is -1.06. The fourth-order valence-electron chi connectivity index (χ4n) is 1.25. The van der Waals surface area contributed by atoms with Crippen LogP contribution in [-0.4, -0.2) is 0 Å². The summed E-state index contributed by atoms with van der Waals surface area (Å²) >= 11 is 7.74. The highest BCUT2D eigenvalue weighted by Crippen LogP contribution is 2.25. The van der Waals surface area contributed by atoms with Crippen molar-refractivity contribution in [2.75, 3.05) is 5.32 Å². The van der Waals surface area contributed by atoms with Gasteiger partial charge in [0.15, 0.2) is 0 Å². The number of rotatable bonds is 2. The van der Waals surface area contributed by atoms with E-state index in [1.807, 2.05) is 31.3 Å². The van der Waals surface area contributed by atoms with Gasteiger partial charge in [0.1, 0.15) is 11.4 Å². The Kier molecular flexibility index (Phi) is 2.93. The molecule has 1 aromatic carbocycles. The SMILES string of the molecule is Cc1csc(Nc2ccccc2Cl)[n+]1C. The number of nitrogens with one attached hydrogen (secondary N) is 1. The van der Waals surface area contributed by atoms with Crippen LogP contribution in [0.3, 0.4) is 0 Å². The number of hydrogen-bond donors (Lipinski definition) is 1. The Morgan fingerprint density at radius 1 is 1.33 bits per heavy atom. The van der Waals surface area contributed by atoms with Crippen molar-refractivity contribution < 1.29 is 4.57 Å². The van der Waals surface area contributed by atoms with Gasteiger partial charge >= 0.3 is 5.13 Å². The Labute approximate surface area is 98.1 Å². The van der Waals surface area contributed by atoms with Crippen LogP contribution in [0.2, 0.25) is 5.02 Å². The van der Waals surface area contributed by atoms with Crippen molar-refractivity contribution in [3.05, 3.63) is 40.4 Å². The molecule has 2 nitrogen and oxygen atoms in total. The second kappa shape index (κ2) is 4.21. The molecule has 0 fully saturated rings. The molecule has 1 heterocycles. The number of hydrogen-bond acceptors (Lipinski definition) is 2. The molecule has 1 N–H and O–H groups in total. The number of aromatic nitrogens is 1. The topological polar surface area (TPSA) is 15.9 Å². The first-order chi connectivity index (χ1) is 7.18. The van der Waals surface area contributed by atoms with Crippen molar-refractivity contribution in [3.8, 4) is 0 Å². The Bertz CT molecular complexity index is 479. The average molecular weight is 240 g/mol. The van der Waals surface area contributed by atoms with E-state index in [2.05, 4.69) is 22.2 Å². The molecule has 15 heavy (non-hydrogen) atoms. The van der Waals surface area contributed by atoms with Crippen LogP contribution in [0, 0.1) is 6.92 Å². The predicted molar refractivity (Wildman–Crippen MR) is 65.0 cm³/mol. The molecule has 78 valence electrons. The van der Waals surface area contributed by atoms with E-state index in [0.717, 1.165) is 15.8 Å². The van der Waals surface area contributed by atoms with Gasteiger partial charge < -0.3 is 0 Å². The lowest BCUT2D eigenvalue weighted by molar-refractivity contribution is -0.658. The summed E-state index contributed by atoms with van der Waals surface area (Å²) in [6.45, 7) is 2.08. The fraction of sp³-hybridized carbons (Fsp3) is 0.182. The van der Waals surface area contributed by atoms with E-state index in [9.17, 15) is 0 Å². The molecule has 0 aliphatic heterocycles. The zero-order valence-corrected chi connectivity index (χ0v) is 10.2. The van der Waals surface area contributed by atoms with Gasteiger partial charge in [0.25, 0.3) is 0 Å². The maximum absolute atomic E-state index is 6.07. The van der Waals surface area contributed by atoms with Gasteiger partial charge in [-0.3, -0.25) is 0 Å². The normalized spacial score (nSPS) is 10.3. The summed E-state index contributed by atoms with van der Waals surface area (Å²) in [4.78, 5) is 0. The number of benzene rings is 1. The Morgan fingerprint density at radius 3 is 2.67 bits per heavy atom.